The summed E-state index contributed by atoms with van der Waals surface area (Å²) in [7, 11) is 0. The van der Waals surface area contributed by atoms with Gasteiger partial charge in [0.2, 0.25) is 0 Å². The molecular formula is C37H39BrS3. The molecule has 41 heavy (non-hydrogen) atoms. The quantitative estimate of drug-likeness (QED) is 0.110. The minimum atomic E-state index is 0.140. The van der Waals surface area contributed by atoms with Crippen LogP contribution in [0, 0.1) is 0 Å². The van der Waals surface area contributed by atoms with Crippen LogP contribution in [0.3, 0.4) is 0 Å². The fourth-order valence-corrected chi connectivity index (χ4v) is 10.2. The average molecular weight is 660 g/mol. The van der Waals surface area contributed by atoms with Gasteiger partial charge in [0.1, 0.15) is 0 Å². The Morgan fingerprint density at radius 1 is 0.537 bits per heavy atom. The summed E-state index contributed by atoms with van der Waals surface area (Å²) < 4.78 is 1.19. The Morgan fingerprint density at radius 2 is 1.10 bits per heavy atom. The van der Waals surface area contributed by atoms with Crippen molar-refractivity contribution >= 4 is 49.9 Å². The Balaban J connectivity index is 1.34. The fraction of sp³-hybridized carbons (Fsp3) is 0.351. The van der Waals surface area contributed by atoms with Crippen LogP contribution in [0.2, 0.25) is 0 Å². The van der Waals surface area contributed by atoms with Crippen molar-refractivity contribution in [1.82, 2.24) is 0 Å². The van der Waals surface area contributed by atoms with Crippen molar-refractivity contribution in [2.45, 2.75) is 83.5 Å². The maximum absolute atomic E-state index is 3.62. The van der Waals surface area contributed by atoms with E-state index < -0.39 is 0 Å². The van der Waals surface area contributed by atoms with Crippen molar-refractivity contribution in [3.8, 4) is 41.1 Å². The van der Waals surface area contributed by atoms with E-state index in [2.05, 4.69) is 109 Å². The minimum absolute atomic E-state index is 0.140. The highest BCUT2D eigenvalue weighted by Crippen LogP contribution is 2.55. The molecule has 1 aliphatic rings. The normalized spacial score (nSPS) is 13.4. The molecule has 0 amide bonds. The highest BCUT2D eigenvalue weighted by molar-refractivity contribution is 9.11. The molecule has 0 unspecified atom stereocenters. The number of halogens is 1. The van der Waals surface area contributed by atoms with E-state index in [1.54, 1.807) is 22.5 Å². The molecule has 0 radical (unpaired) electrons. The molecule has 0 atom stereocenters. The maximum Gasteiger partial charge on any atom is 0.0705 e. The summed E-state index contributed by atoms with van der Waals surface area (Å²) in [5.41, 5.74) is 7.62. The van der Waals surface area contributed by atoms with E-state index >= 15 is 0 Å². The van der Waals surface area contributed by atoms with Crippen LogP contribution < -0.4 is 0 Å². The van der Waals surface area contributed by atoms with E-state index in [1.807, 2.05) is 22.7 Å². The lowest BCUT2D eigenvalue weighted by molar-refractivity contribution is 0.401. The molecule has 3 heterocycles. The highest BCUT2D eigenvalue weighted by atomic mass is 79.9. The van der Waals surface area contributed by atoms with Gasteiger partial charge >= 0.3 is 0 Å². The first-order valence-electron chi connectivity index (χ1n) is 15.3. The van der Waals surface area contributed by atoms with E-state index in [9.17, 15) is 0 Å². The second-order valence-electron chi connectivity index (χ2n) is 11.4. The Kier molecular flexibility index (Phi) is 9.31. The third-order valence-electron chi connectivity index (χ3n) is 8.74. The van der Waals surface area contributed by atoms with Gasteiger partial charge in [-0.15, -0.1) is 34.0 Å². The molecule has 2 aromatic carbocycles. The monoisotopic (exact) mass is 658 g/mol. The number of hydrogen-bond donors (Lipinski definition) is 0. The second-order valence-corrected chi connectivity index (χ2v) is 16.1. The summed E-state index contributed by atoms with van der Waals surface area (Å²) in [5, 5.41) is 0. The van der Waals surface area contributed by atoms with Crippen molar-refractivity contribution in [3.05, 3.63) is 93.8 Å². The standard InChI is InChI=1S/C37H39BrS3/c1-3-5-7-11-23-37(24-12-8-6-4-2)29-14-10-9-13-27(29)28-16-15-26(25-30(28)37)31-17-18-32(39-31)33-19-20-34(40-33)35-21-22-36(38)41-35/h9-10,13-22,25H,3-8,11-12,23-24H2,1-2H3. The molecule has 0 saturated carbocycles. The fourth-order valence-electron chi connectivity index (χ4n) is 6.65. The van der Waals surface area contributed by atoms with Gasteiger partial charge in [-0.3, -0.25) is 0 Å². The van der Waals surface area contributed by atoms with E-state index in [4.69, 9.17) is 0 Å². The molecule has 5 aromatic rings. The minimum Gasteiger partial charge on any atom is -0.134 e. The van der Waals surface area contributed by atoms with Gasteiger partial charge in [-0.1, -0.05) is 102 Å². The predicted octanol–water partition coefficient (Wildman–Crippen LogP) is 13.8. The second kappa shape index (κ2) is 13.1. The summed E-state index contributed by atoms with van der Waals surface area (Å²) in [5.74, 6) is 0. The molecule has 0 spiro atoms. The van der Waals surface area contributed by atoms with Crippen molar-refractivity contribution < 1.29 is 0 Å². The number of rotatable bonds is 13. The van der Waals surface area contributed by atoms with E-state index in [1.165, 1.54) is 109 Å². The molecule has 0 nitrogen and oxygen atoms in total. The molecule has 3 aromatic heterocycles. The van der Waals surface area contributed by atoms with Gasteiger partial charge in [0.05, 0.1) is 3.79 Å². The van der Waals surface area contributed by atoms with Gasteiger partial charge in [-0.2, -0.15) is 0 Å². The van der Waals surface area contributed by atoms with Crippen LogP contribution in [0.4, 0.5) is 0 Å². The largest absolute Gasteiger partial charge is 0.134 e. The molecule has 6 rings (SSSR count). The van der Waals surface area contributed by atoms with Crippen molar-refractivity contribution in [2.24, 2.45) is 0 Å². The number of thiophene rings is 3. The molecule has 4 heteroatoms. The summed E-state index contributed by atoms with van der Waals surface area (Å²) in [6.45, 7) is 4.64. The smallest absolute Gasteiger partial charge is 0.0705 e. The third-order valence-corrected chi connectivity index (χ3v) is 13.0. The summed E-state index contributed by atoms with van der Waals surface area (Å²) >= 11 is 9.25. The van der Waals surface area contributed by atoms with E-state index in [-0.39, 0.29) is 5.41 Å². The Bertz CT molecular complexity index is 1590. The van der Waals surface area contributed by atoms with Crippen LogP contribution >= 0.6 is 49.9 Å². The number of hydrogen-bond acceptors (Lipinski definition) is 3. The zero-order valence-corrected chi connectivity index (χ0v) is 28.2. The summed E-state index contributed by atoms with van der Waals surface area (Å²) in [6, 6.07) is 30.3. The lowest BCUT2D eigenvalue weighted by Crippen LogP contribution is -2.25. The lowest BCUT2D eigenvalue weighted by atomic mass is 9.70. The first kappa shape index (κ1) is 29.1. The van der Waals surface area contributed by atoms with Gasteiger partial charge in [-0.25, -0.2) is 0 Å². The first-order chi connectivity index (χ1) is 20.1. The Morgan fingerprint density at radius 3 is 1.73 bits per heavy atom. The SMILES string of the molecule is CCCCCCC1(CCCCCC)c2ccccc2-c2ccc(-c3ccc(-c4ccc(-c5ccc(Br)s5)s4)s3)cc21. The van der Waals surface area contributed by atoms with Crippen LogP contribution in [0.25, 0.3) is 41.1 Å². The van der Waals surface area contributed by atoms with Gasteiger partial charge in [0.15, 0.2) is 0 Å². The number of benzene rings is 2. The van der Waals surface area contributed by atoms with Gasteiger partial charge in [0.25, 0.3) is 0 Å². The van der Waals surface area contributed by atoms with Gasteiger partial charge in [-0.05, 0) is 99.1 Å². The first-order valence-corrected chi connectivity index (χ1v) is 18.6. The van der Waals surface area contributed by atoms with Crippen LogP contribution in [0.15, 0.2) is 82.6 Å². The molecule has 0 aliphatic heterocycles. The van der Waals surface area contributed by atoms with Crippen molar-refractivity contribution in [2.75, 3.05) is 0 Å². The zero-order chi connectivity index (χ0) is 28.2. The number of fused-ring (bicyclic) bond motifs is 3. The highest BCUT2D eigenvalue weighted by Gasteiger charge is 2.42. The van der Waals surface area contributed by atoms with Crippen LogP contribution in [0.5, 0.6) is 0 Å². The van der Waals surface area contributed by atoms with Crippen LogP contribution in [0.1, 0.15) is 89.2 Å². The molecule has 0 bridgehead atoms. The topological polar surface area (TPSA) is 0 Å². The van der Waals surface area contributed by atoms with Crippen LogP contribution in [-0.4, -0.2) is 0 Å². The zero-order valence-electron chi connectivity index (χ0n) is 24.2. The molecule has 1 aliphatic carbocycles. The number of unbranched alkanes of at least 4 members (excludes halogenated alkanes) is 6. The third kappa shape index (κ3) is 5.95. The van der Waals surface area contributed by atoms with Crippen LogP contribution in [-0.2, 0) is 5.41 Å². The molecule has 212 valence electrons. The van der Waals surface area contributed by atoms with Crippen molar-refractivity contribution in [1.29, 1.82) is 0 Å². The molecular weight excluding hydrogens is 621 g/mol. The Hall–Kier alpha value is -1.98. The summed E-state index contributed by atoms with van der Waals surface area (Å²) in [4.78, 5) is 6.77. The molecule has 0 saturated heterocycles. The summed E-state index contributed by atoms with van der Waals surface area (Å²) in [6.07, 6.45) is 13.1. The lowest BCUT2D eigenvalue weighted by Gasteiger charge is -2.33. The Labute approximate surface area is 266 Å². The van der Waals surface area contributed by atoms with E-state index in [0.29, 0.717) is 0 Å². The van der Waals surface area contributed by atoms with Gasteiger partial charge < -0.3 is 0 Å². The van der Waals surface area contributed by atoms with Crippen molar-refractivity contribution in [3.63, 3.8) is 0 Å². The molecule has 0 N–H and O–H groups in total. The molecule has 0 fully saturated rings. The van der Waals surface area contributed by atoms with Gasteiger partial charge in [0, 0.05) is 29.8 Å². The van der Waals surface area contributed by atoms with E-state index in [0.717, 1.165) is 0 Å². The predicted molar refractivity (Wildman–Crippen MR) is 188 cm³/mol. The average Bonchev–Trinajstić information content (AvgIpc) is 3.80. The maximum atomic E-state index is 3.62.